The van der Waals surface area contributed by atoms with E-state index in [1.807, 2.05) is 24.3 Å². The van der Waals surface area contributed by atoms with Crippen LogP contribution in [0, 0.1) is 17.8 Å². The minimum atomic E-state index is -0.174. The smallest absolute Gasteiger partial charge is 0.220 e. The fourth-order valence-electron chi connectivity index (χ4n) is 2.64. The van der Waals surface area contributed by atoms with Crippen molar-refractivity contribution >= 4 is 17.5 Å². The highest BCUT2D eigenvalue weighted by atomic mass is 35.5. The number of amides is 1. The molecule has 0 heterocycles. The number of benzene rings is 1. The fourth-order valence-corrected chi connectivity index (χ4v) is 2.77. The van der Waals surface area contributed by atoms with Gasteiger partial charge in [-0.25, -0.2) is 0 Å². The van der Waals surface area contributed by atoms with E-state index in [-0.39, 0.29) is 30.9 Å². The maximum absolute atomic E-state index is 12.2. The van der Waals surface area contributed by atoms with Gasteiger partial charge in [0.25, 0.3) is 0 Å². The van der Waals surface area contributed by atoms with Crippen molar-refractivity contribution in [2.75, 3.05) is 13.2 Å². The molecule has 1 saturated carbocycles. The van der Waals surface area contributed by atoms with Crippen LogP contribution in [0.2, 0.25) is 5.02 Å². The molecule has 21 heavy (non-hydrogen) atoms. The van der Waals surface area contributed by atoms with Gasteiger partial charge in [0.2, 0.25) is 5.91 Å². The van der Waals surface area contributed by atoms with E-state index in [9.17, 15) is 4.79 Å². The number of carbonyl (C=O) groups excluding carboxylic acids is 1. The predicted molar refractivity (Wildman–Crippen MR) is 83.9 cm³/mol. The molecule has 4 N–H and O–H groups in total. The number of nitrogens with two attached hydrogens (primary N) is 1. The van der Waals surface area contributed by atoms with Gasteiger partial charge in [0.05, 0.1) is 6.04 Å². The van der Waals surface area contributed by atoms with Crippen LogP contribution >= 0.6 is 11.6 Å². The van der Waals surface area contributed by atoms with Crippen LogP contribution in [0.3, 0.4) is 0 Å². The molecule has 1 aliphatic rings. The molecule has 0 spiro atoms. The van der Waals surface area contributed by atoms with Crippen LogP contribution in [0.1, 0.15) is 31.4 Å². The average molecular weight is 311 g/mol. The lowest BCUT2D eigenvalue weighted by Gasteiger charge is -2.21. The molecule has 0 bridgehead atoms. The quantitative estimate of drug-likeness (QED) is 0.722. The molecule has 116 valence electrons. The average Bonchev–Trinajstić information content (AvgIpc) is 3.20. The summed E-state index contributed by atoms with van der Waals surface area (Å²) in [5.74, 6) is 0.862. The Kier molecular flexibility index (Phi) is 5.62. The number of carbonyl (C=O) groups is 1. The number of rotatable bonds is 7. The Morgan fingerprint density at radius 2 is 2.10 bits per heavy atom. The van der Waals surface area contributed by atoms with Crippen molar-refractivity contribution in [1.82, 2.24) is 5.32 Å². The zero-order valence-corrected chi connectivity index (χ0v) is 13.0. The van der Waals surface area contributed by atoms with Crippen molar-refractivity contribution in [3.63, 3.8) is 0 Å². The third-order valence-electron chi connectivity index (χ3n) is 4.21. The van der Waals surface area contributed by atoms with E-state index in [1.165, 1.54) is 0 Å². The van der Waals surface area contributed by atoms with E-state index in [0.717, 1.165) is 12.0 Å². The van der Waals surface area contributed by atoms with E-state index in [4.69, 9.17) is 22.4 Å². The van der Waals surface area contributed by atoms with Gasteiger partial charge < -0.3 is 16.2 Å². The minimum Gasteiger partial charge on any atom is -0.396 e. The molecule has 4 nitrogen and oxygen atoms in total. The van der Waals surface area contributed by atoms with Crippen LogP contribution in [0.4, 0.5) is 0 Å². The first kappa shape index (κ1) is 16.3. The lowest BCUT2D eigenvalue weighted by atomic mass is 10.00. The molecule has 4 unspecified atom stereocenters. The van der Waals surface area contributed by atoms with Crippen molar-refractivity contribution in [3.8, 4) is 0 Å². The maximum atomic E-state index is 12.2. The number of hydrogen-bond donors (Lipinski definition) is 3. The number of aliphatic hydroxyl groups excluding tert-OH is 1. The second-order valence-corrected chi connectivity index (χ2v) is 6.40. The molecule has 1 amide bonds. The second-order valence-electron chi connectivity index (χ2n) is 5.96. The van der Waals surface area contributed by atoms with E-state index in [1.54, 1.807) is 0 Å². The normalized spacial score (nSPS) is 23.4. The molecule has 1 aliphatic carbocycles. The van der Waals surface area contributed by atoms with Crippen LogP contribution in [-0.4, -0.2) is 24.2 Å². The minimum absolute atomic E-state index is 0.0156. The van der Waals surface area contributed by atoms with Gasteiger partial charge in [-0.2, -0.15) is 0 Å². The van der Waals surface area contributed by atoms with Crippen LogP contribution in [-0.2, 0) is 4.79 Å². The molecule has 1 aromatic carbocycles. The van der Waals surface area contributed by atoms with Gasteiger partial charge in [0.15, 0.2) is 0 Å². The van der Waals surface area contributed by atoms with Gasteiger partial charge in [0.1, 0.15) is 0 Å². The number of hydrogen-bond acceptors (Lipinski definition) is 3. The summed E-state index contributed by atoms with van der Waals surface area (Å²) in [6.07, 6.45) is 1.38. The van der Waals surface area contributed by atoms with Crippen molar-refractivity contribution in [2.45, 2.75) is 25.8 Å². The summed E-state index contributed by atoms with van der Waals surface area (Å²) in [7, 11) is 0. The lowest BCUT2D eigenvalue weighted by molar-refractivity contribution is -0.123. The Balaban J connectivity index is 2.03. The molecule has 1 fully saturated rings. The van der Waals surface area contributed by atoms with Gasteiger partial charge in [-0.1, -0.05) is 30.7 Å². The van der Waals surface area contributed by atoms with E-state index in [0.29, 0.717) is 23.4 Å². The monoisotopic (exact) mass is 310 g/mol. The Labute approximate surface area is 130 Å². The molecule has 1 aromatic rings. The van der Waals surface area contributed by atoms with E-state index >= 15 is 0 Å². The summed E-state index contributed by atoms with van der Waals surface area (Å²) < 4.78 is 0. The van der Waals surface area contributed by atoms with Crippen molar-refractivity contribution in [2.24, 2.45) is 23.5 Å². The zero-order chi connectivity index (χ0) is 15.4. The van der Waals surface area contributed by atoms with Crippen LogP contribution in [0.25, 0.3) is 0 Å². The zero-order valence-electron chi connectivity index (χ0n) is 12.3. The first-order valence-electron chi connectivity index (χ1n) is 7.41. The first-order valence-corrected chi connectivity index (χ1v) is 7.78. The predicted octanol–water partition coefficient (Wildman–Crippen LogP) is 2.11. The van der Waals surface area contributed by atoms with Crippen LogP contribution in [0.5, 0.6) is 0 Å². The summed E-state index contributed by atoms with van der Waals surface area (Å²) in [6.45, 7) is 2.45. The molecule has 0 aromatic heterocycles. The third kappa shape index (κ3) is 4.43. The van der Waals surface area contributed by atoms with Gasteiger partial charge >= 0.3 is 0 Å². The molecule has 2 rings (SSSR count). The molecule has 0 aliphatic heterocycles. The molecule has 4 atom stereocenters. The number of aliphatic hydroxyl groups is 1. The summed E-state index contributed by atoms with van der Waals surface area (Å²) >= 11 is 5.92. The lowest BCUT2D eigenvalue weighted by Crippen LogP contribution is -2.33. The van der Waals surface area contributed by atoms with Gasteiger partial charge in [-0.05, 0) is 42.5 Å². The summed E-state index contributed by atoms with van der Waals surface area (Å²) in [6, 6.07) is 7.64. The van der Waals surface area contributed by atoms with Crippen LogP contribution in [0.15, 0.2) is 24.3 Å². The first-order chi connectivity index (χ1) is 10.0. The van der Waals surface area contributed by atoms with Crippen LogP contribution < -0.4 is 11.1 Å². The van der Waals surface area contributed by atoms with Crippen molar-refractivity contribution in [1.29, 1.82) is 0 Å². The Morgan fingerprint density at radius 3 is 2.57 bits per heavy atom. The largest absolute Gasteiger partial charge is 0.396 e. The fraction of sp³-hybridized carbons (Fsp3) is 0.562. The van der Waals surface area contributed by atoms with Gasteiger partial charge in [-0.3, -0.25) is 4.79 Å². The molecule has 0 radical (unpaired) electrons. The second kappa shape index (κ2) is 7.25. The van der Waals surface area contributed by atoms with Crippen molar-refractivity contribution < 1.29 is 9.90 Å². The standard InChI is InChI=1S/C16H23ClN2O2/c1-10-6-14(10)16(12-2-4-13(17)5-3-12)19-15(21)7-11(8-18)9-20/h2-5,10-11,14,16,20H,6-9,18H2,1H3,(H,19,21). The van der Waals surface area contributed by atoms with E-state index < -0.39 is 0 Å². The SMILES string of the molecule is CC1CC1C(NC(=O)CC(CN)CO)c1ccc(Cl)cc1. The maximum Gasteiger partial charge on any atom is 0.220 e. The van der Waals surface area contributed by atoms with Gasteiger partial charge in [0, 0.05) is 24.0 Å². The summed E-state index contributed by atoms with van der Waals surface area (Å²) in [4.78, 5) is 12.2. The number of nitrogens with one attached hydrogen (secondary N) is 1. The van der Waals surface area contributed by atoms with Crippen molar-refractivity contribution in [3.05, 3.63) is 34.9 Å². The Bertz CT molecular complexity index is 474. The highest BCUT2D eigenvalue weighted by Crippen LogP contribution is 2.47. The molecular weight excluding hydrogens is 288 g/mol. The summed E-state index contributed by atoms with van der Waals surface area (Å²) in [5.41, 5.74) is 6.61. The third-order valence-corrected chi connectivity index (χ3v) is 4.46. The van der Waals surface area contributed by atoms with E-state index in [2.05, 4.69) is 12.2 Å². The van der Waals surface area contributed by atoms with Gasteiger partial charge in [-0.15, -0.1) is 0 Å². The highest BCUT2D eigenvalue weighted by Gasteiger charge is 2.40. The Hall–Kier alpha value is -1.10. The highest BCUT2D eigenvalue weighted by molar-refractivity contribution is 6.30. The Morgan fingerprint density at radius 1 is 1.48 bits per heavy atom. The molecule has 5 heteroatoms. The topological polar surface area (TPSA) is 75.4 Å². The molecular formula is C16H23ClN2O2. The molecule has 0 saturated heterocycles. The summed E-state index contributed by atoms with van der Waals surface area (Å²) in [5, 5.41) is 12.9. The number of halogens is 1.